The van der Waals surface area contributed by atoms with Gasteiger partial charge in [0.05, 0.1) is 11.6 Å². The number of benzene rings is 1. The summed E-state index contributed by atoms with van der Waals surface area (Å²) in [6.45, 7) is 2.57. The van der Waals surface area contributed by atoms with Crippen molar-refractivity contribution in [1.29, 1.82) is 5.26 Å². The topological polar surface area (TPSA) is 50.1 Å². The van der Waals surface area contributed by atoms with Crippen molar-refractivity contribution < 1.29 is 9.09 Å². The molecule has 0 aromatic heterocycles. The lowest BCUT2D eigenvalue weighted by atomic mass is 10.2. The summed E-state index contributed by atoms with van der Waals surface area (Å²) in [4.78, 5) is 0. The largest absolute Gasteiger partial charge is 0.548 e. The van der Waals surface area contributed by atoms with Crippen LogP contribution in [0.5, 0.6) is 0 Å². The summed E-state index contributed by atoms with van der Waals surface area (Å²) in [5.41, 5.74) is 0.565. The maximum atomic E-state index is 11.6. The van der Waals surface area contributed by atoms with Gasteiger partial charge in [0.15, 0.2) is 0 Å². The van der Waals surface area contributed by atoms with E-state index in [1.807, 2.05) is 6.07 Å². The molecule has 1 atom stereocenters. The van der Waals surface area contributed by atoms with E-state index in [1.165, 1.54) is 0 Å². The van der Waals surface area contributed by atoms with Crippen LogP contribution in [0, 0.1) is 11.3 Å². The number of nitrogens with zero attached hydrogens (tertiary/aromatic N) is 1. The van der Waals surface area contributed by atoms with E-state index >= 15 is 0 Å². The lowest BCUT2D eigenvalue weighted by molar-refractivity contribution is 0.326. The molecule has 0 saturated heterocycles. The second kappa shape index (κ2) is 6.29. The number of rotatable bonds is 5. The Bertz CT molecular complexity index is 367. The summed E-state index contributed by atoms with van der Waals surface area (Å²) in [5.74, 6) is 0. The van der Waals surface area contributed by atoms with Crippen LogP contribution in [0.15, 0.2) is 24.3 Å². The summed E-state index contributed by atoms with van der Waals surface area (Å²) in [6, 6.07) is 8.64. The Morgan fingerprint density at radius 1 is 1.40 bits per heavy atom. The Kier molecular flexibility index (Phi) is 4.97. The van der Waals surface area contributed by atoms with Crippen molar-refractivity contribution in [3.8, 4) is 6.07 Å². The molecule has 0 spiro atoms. The molecule has 0 aliphatic carbocycles. The van der Waals surface area contributed by atoms with E-state index in [4.69, 9.17) is 9.79 Å². The molecule has 0 N–H and O–H groups in total. The normalized spacial score (nSPS) is 10.8. The van der Waals surface area contributed by atoms with E-state index in [0.717, 1.165) is 12.8 Å². The van der Waals surface area contributed by atoms with Gasteiger partial charge in [-0.15, -0.1) is 4.52 Å². The molecule has 0 saturated carbocycles. The van der Waals surface area contributed by atoms with Gasteiger partial charge >= 0.3 is 8.03 Å². The fourth-order valence-electron chi connectivity index (χ4n) is 1.02. The molecule has 1 unspecified atom stereocenters. The van der Waals surface area contributed by atoms with Gasteiger partial charge in [0, 0.05) is 0 Å². The molecule has 0 bridgehead atoms. The number of nitriles is 1. The van der Waals surface area contributed by atoms with Crippen LogP contribution in [-0.4, -0.2) is 6.61 Å². The third-order valence-corrected chi connectivity index (χ3v) is 3.05. The fourth-order valence-corrected chi connectivity index (χ4v) is 1.86. The standard InChI is InChI=1S/C11H13NO2P/c1-2-3-8-14-15(13)11-6-4-10(9-12)5-7-11/h4-7H,2-3,8H2,1H3/q+1. The van der Waals surface area contributed by atoms with Gasteiger partial charge in [-0.3, -0.25) is 0 Å². The quantitative estimate of drug-likeness (QED) is 0.568. The van der Waals surface area contributed by atoms with Gasteiger partial charge in [-0.2, -0.15) is 5.26 Å². The second-order valence-corrected chi connectivity index (χ2v) is 4.39. The maximum absolute atomic E-state index is 11.6. The molecule has 0 amide bonds. The Morgan fingerprint density at radius 2 is 2.07 bits per heavy atom. The molecule has 0 fully saturated rings. The van der Waals surface area contributed by atoms with Crippen molar-refractivity contribution in [1.82, 2.24) is 0 Å². The predicted octanol–water partition coefficient (Wildman–Crippen LogP) is 2.74. The zero-order valence-electron chi connectivity index (χ0n) is 8.64. The molecule has 78 valence electrons. The van der Waals surface area contributed by atoms with Gasteiger partial charge in [-0.1, -0.05) is 13.3 Å². The van der Waals surface area contributed by atoms with Gasteiger partial charge in [-0.05, 0) is 35.3 Å². The van der Waals surface area contributed by atoms with Crippen molar-refractivity contribution in [2.24, 2.45) is 0 Å². The Balaban J connectivity index is 2.55. The van der Waals surface area contributed by atoms with Gasteiger partial charge in [-0.25, -0.2) is 0 Å². The van der Waals surface area contributed by atoms with Crippen LogP contribution in [0.2, 0.25) is 0 Å². The summed E-state index contributed by atoms with van der Waals surface area (Å²) >= 11 is 0. The fraction of sp³-hybridized carbons (Fsp3) is 0.364. The van der Waals surface area contributed by atoms with Crippen molar-refractivity contribution in [3.63, 3.8) is 0 Å². The molecule has 1 aromatic carbocycles. The average Bonchev–Trinajstić information content (AvgIpc) is 2.29. The first-order valence-corrected chi connectivity index (χ1v) is 6.06. The van der Waals surface area contributed by atoms with E-state index < -0.39 is 8.03 Å². The van der Waals surface area contributed by atoms with Crippen LogP contribution in [0.3, 0.4) is 0 Å². The highest BCUT2D eigenvalue weighted by Gasteiger charge is 2.21. The Labute approximate surface area is 90.6 Å². The molecular weight excluding hydrogens is 209 g/mol. The molecule has 0 aliphatic rings. The molecule has 4 heteroatoms. The molecule has 0 heterocycles. The highest BCUT2D eigenvalue weighted by molar-refractivity contribution is 7.48. The van der Waals surface area contributed by atoms with Gasteiger partial charge in [0.1, 0.15) is 6.61 Å². The minimum Gasteiger partial charge on any atom is -0.192 e. The Hall–Kier alpha value is -1.23. The third-order valence-electron chi connectivity index (χ3n) is 1.91. The molecule has 3 nitrogen and oxygen atoms in total. The first-order valence-electron chi connectivity index (χ1n) is 4.88. The highest BCUT2D eigenvalue weighted by Crippen LogP contribution is 2.21. The zero-order valence-corrected chi connectivity index (χ0v) is 9.54. The monoisotopic (exact) mass is 222 g/mol. The minimum atomic E-state index is -1.76. The van der Waals surface area contributed by atoms with Gasteiger partial charge in [0.25, 0.3) is 0 Å². The second-order valence-electron chi connectivity index (χ2n) is 3.10. The first kappa shape index (κ1) is 11.8. The number of hydrogen-bond acceptors (Lipinski definition) is 3. The van der Waals surface area contributed by atoms with Crippen molar-refractivity contribution in [2.45, 2.75) is 19.8 Å². The van der Waals surface area contributed by atoms with Crippen LogP contribution in [0.25, 0.3) is 0 Å². The number of hydrogen-bond donors (Lipinski definition) is 0. The first-order chi connectivity index (χ1) is 7.27. The summed E-state index contributed by atoms with van der Waals surface area (Å²) in [5, 5.41) is 9.23. The van der Waals surface area contributed by atoms with Gasteiger partial charge < -0.3 is 0 Å². The maximum Gasteiger partial charge on any atom is 0.548 e. The predicted molar refractivity (Wildman–Crippen MR) is 59.3 cm³/mol. The lowest BCUT2D eigenvalue weighted by Crippen LogP contribution is -1.98. The van der Waals surface area contributed by atoms with Crippen LogP contribution < -0.4 is 5.30 Å². The van der Waals surface area contributed by atoms with E-state index in [0.29, 0.717) is 17.5 Å². The van der Waals surface area contributed by atoms with Gasteiger partial charge in [0.2, 0.25) is 5.30 Å². The molecule has 1 aromatic rings. The molecular formula is C11H13NO2P+. The van der Waals surface area contributed by atoms with Crippen LogP contribution >= 0.6 is 8.03 Å². The molecule has 0 aliphatic heterocycles. The molecule has 0 radical (unpaired) electrons. The summed E-state index contributed by atoms with van der Waals surface area (Å²) in [6.07, 6.45) is 1.94. The van der Waals surface area contributed by atoms with Crippen LogP contribution in [0.1, 0.15) is 25.3 Å². The van der Waals surface area contributed by atoms with Crippen LogP contribution in [-0.2, 0) is 9.09 Å². The minimum absolute atomic E-state index is 0.520. The SMILES string of the molecule is CCCCO[P+](=O)c1ccc(C#N)cc1. The zero-order chi connectivity index (χ0) is 11.1. The summed E-state index contributed by atoms with van der Waals surface area (Å²) < 4.78 is 16.7. The van der Waals surface area contributed by atoms with E-state index in [1.54, 1.807) is 24.3 Å². The van der Waals surface area contributed by atoms with Crippen LogP contribution in [0.4, 0.5) is 0 Å². The Morgan fingerprint density at radius 3 is 2.60 bits per heavy atom. The third kappa shape index (κ3) is 3.79. The molecule has 1 rings (SSSR count). The number of unbranched alkanes of at least 4 members (excludes halogenated alkanes) is 1. The van der Waals surface area contributed by atoms with Crippen molar-refractivity contribution in [3.05, 3.63) is 29.8 Å². The molecule has 15 heavy (non-hydrogen) atoms. The smallest absolute Gasteiger partial charge is 0.192 e. The van der Waals surface area contributed by atoms with Crippen molar-refractivity contribution >= 4 is 13.3 Å². The summed E-state index contributed by atoms with van der Waals surface area (Å²) in [7, 11) is -1.76. The average molecular weight is 222 g/mol. The van der Waals surface area contributed by atoms with E-state index in [9.17, 15) is 4.57 Å². The lowest BCUT2D eigenvalue weighted by Gasteiger charge is -1.90. The van der Waals surface area contributed by atoms with E-state index in [2.05, 4.69) is 6.92 Å². The highest BCUT2D eigenvalue weighted by atomic mass is 31.1. The van der Waals surface area contributed by atoms with E-state index in [-0.39, 0.29) is 0 Å². The van der Waals surface area contributed by atoms with Crippen molar-refractivity contribution in [2.75, 3.05) is 6.61 Å².